The second-order valence-corrected chi connectivity index (χ2v) is 9.56. The van der Waals surface area contributed by atoms with Crippen molar-refractivity contribution in [2.24, 2.45) is 5.92 Å². The fourth-order valence-electron chi connectivity index (χ4n) is 3.67. The summed E-state index contributed by atoms with van der Waals surface area (Å²) in [5.41, 5.74) is 1.60. The molecule has 1 saturated heterocycles. The number of carbonyl (C=O) groups is 2. The average molecular weight is 481 g/mol. The van der Waals surface area contributed by atoms with Crippen molar-refractivity contribution in [2.45, 2.75) is 59.1 Å². The highest BCUT2D eigenvalue weighted by Gasteiger charge is 2.30. The quantitative estimate of drug-likeness (QED) is 0.475. The van der Waals surface area contributed by atoms with Crippen molar-refractivity contribution in [3.05, 3.63) is 40.0 Å². The van der Waals surface area contributed by atoms with Gasteiger partial charge in [-0.1, -0.05) is 34.1 Å². The van der Waals surface area contributed by atoms with Crippen LogP contribution in [0.4, 0.5) is 4.79 Å². The first-order chi connectivity index (χ1) is 14.0. The molecule has 0 aromatic heterocycles. The first kappa shape index (κ1) is 24.3. The summed E-state index contributed by atoms with van der Waals surface area (Å²) in [4.78, 5) is 26.6. The van der Waals surface area contributed by atoms with Gasteiger partial charge >= 0.3 is 12.1 Å². The topological polar surface area (TPSA) is 67.9 Å². The van der Waals surface area contributed by atoms with Gasteiger partial charge in [-0.25, -0.2) is 9.59 Å². The molecule has 0 bridgehead atoms. The number of nitrogens with one attached hydrogen (secondary N) is 1. The average Bonchev–Trinajstić information content (AvgIpc) is 2.68. The molecule has 0 saturated carbocycles. The third kappa shape index (κ3) is 6.49. The minimum Gasteiger partial charge on any atom is -0.465 e. The Bertz CT molecular complexity index is 793. The number of piperidine rings is 1. The molecule has 30 heavy (non-hydrogen) atoms. The molecule has 1 fully saturated rings. The third-order valence-corrected chi connectivity index (χ3v) is 5.94. The van der Waals surface area contributed by atoms with E-state index in [1.54, 1.807) is 4.90 Å². The number of carbonyl (C=O) groups excluding carboxylic acids is 2. The van der Waals surface area contributed by atoms with Gasteiger partial charge in [-0.05, 0) is 59.4 Å². The highest BCUT2D eigenvalue weighted by Crippen LogP contribution is 2.28. The van der Waals surface area contributed by atoms with E-state index in [4.69, 9.17) is 9.47 Å². The summed E-state index contributed by atoms with van der Waals surface area (Å²) in [6, 6.07) is 7.75. The molecule has 2 rings (SSSR count). The molecule has 0 unspecified atom stereocenters. The van der Waals surface area contributed by atoms with Crippen molar-refractivity contribution >= 4 is 33.6 Å². The lowest BCUT2D eigenvalue weighted by Gasteiger charge is -2.36. The molecular weight excluding hydrogens is 448 g/mol. The molecule has 1 atom stereocenters. The Morgan fingerprint density at radius 1 is 1.20 bits per heavy atom. The minimum atomic E-state index is -0.485. The number of rotatable bonds is 5. The molecule has 1 amide bonds. The maximum Gasteiger partial charge on any atom is 0.410 e. The van der Waals surface area contributed by atoms with Crippen molar-refractivity contribution < 1.29 is 19.1 Å². The van der Waals surface area contributed by atoms with Gasteiger partial charge in [-0.15, -0.1) is 0 Å². The van der Waals surface area contributed by atoms with Crippen LogP contribution in [0.5, 0.6) is 0 Å². The van der Waals surface area contributed by atoms with Crippen LogP contribution in [0.1, 0.15) is 53.0 Å². The van der Waals surface area contributed by atoms with Crippen molar-refractivity contribution in [1.82, 2.24) is 10.2 Å². The van der Waals surface area contributed by atoms with E-state index in [0.29, 0.717) is 24.6 Å². The van der Waals surface area contributed by atoms with Gasteiger partial charge in [0.25, 0.3) is 0 Å². The number of benzene rings is 1. The second kappa shape index (κ2) is 10.3. The lowest BCUT2D eigenvalue weighted by Crippen LogP contribution is -2.45. The Kier molecular flexibility index (Phi) is 8.35. The Hall–Kier alpha value is -2.02. The SMILES string of the molecule is COC(=O)/C(=C(\C)N[C@H](C)C1CCN(C(=O)OC(C)(C)C)CC1)c1ccccc1Br. The molecule has 1 heterocycles. The third-order valence-electron chi connectivity index (χ3n) is 5.25. The van der Waals surface area contributed by atoms with Crippen molar-refractivity contribution in [2.75, 3.05) is 20.2 Å². The largest absolute Gasteiger partial charge is 0.465 e. The number of hydrogen-bond donors (Lipinski definition) is 1. The highest BCUT2D eigenvalue weighted by atomic mass is 79.9. The zero-order valence-corrected chi connectivity index (χ0v) is 20.3. The number of methoxy groups -OCH3 is 1. The molecule has 1 aromatic rings. The lowest BCUT2D eigenvalue weighted by molar-refractivity contribution is -0.133. The number of likely N-dealkylation sites (tertiary alicyclic amines) is 1. The standard InChI is InChI=1S/C23H33BrN2O4/c1-15(17-11-13-26(14-12-17)22(28)30-23(3,4)5)25-16(2)20(21(27)29-6)18-9-7-8-10-19(18)24/h7-10,15,17,25H,11-14H2,1-6H3/b20-16+/t15-/m1/s1. The minimum absolute atomic E-state index is 0.146. The van der Waals surface area contributed by atoms with E-state index < -0.39 is 5.60 Å². The number of hydrogen-bond acceptors (Lipinski definition) is 5. The molecular formula is C23H33BrN2O4. The molecule has 166 valence electrons. The summed E-state index contributed by atoms with van der Waals surface area (Å²) in [5.74, 6) is 0.00981. The zero-order chi connectivity index (χ0) is 22.5. The summed E-state index contributed by atoms with van der Waals surface area (Å²) in [6.07, 6.45) is 1.51. The normalized spacial score (nSPS) is 17.1. The summed E-state index contributed by atoms with van der Waals surface area (Å²) in [6.45, 7) is 11.0. The van der Waals surface area contributed by atoms with Gasteiger partial charge in [0, 0.05) is 34.9 Å². The van der Waals surface area contributed by atoms with Gasteiger partial charge in [0.2, 0.25) is 0 Å². The Labute approximate surface area is 188 Å². The predicted molar refractivity (Wildman–Crippen MR) is 122 cm³/mol. The number of esters is 1. The lowest BCUT2D eigenvalue weighted by atomic mass is 9.90. The van der Waals surface area contributed by atoms with E-state index in [-0.39, 0.29) is 18.1 Å². The van der Waals surface area contributed by atoms with E-state index in [1.807, 2.05) is 52.0 Å². The Balaban J connectivity index is 2.07. The van der Waals surface area contributed by atoms with Crippen molar-refractivity contribution in [1.29, 1.82) is 0 Å². The van der Waals surface area contributed by atoms with Crippen LogP contribution in [0.3, 0.4) is 0 Å². The van der Waals surface area contributed by atoms with Gasteiger partial charge in [0.1, 0.15) is 5.60 Å². The first-order valence-electron chi connectivity index (χ1n) is 10.3. The molecule has 0 radical (unpaired) electrons. The maximum atomic E-state index is 12.5. The fourth-order valence-corrected chi connectivity index (χ4v) is 4.15. The maximum absolute atomic E-state index is 12.5. The summed E-state index contributed by atoms with van der Waals surface area (Å²) < 4.78 is 11.3. The molecule has 1 aromatic carbocycles. The van der Waals surface area contributed by atoms with Crippen LogP contribution in [0.15, 0.2) is 34.4 Å². The number of amides is 1. The van der Waals surface area contributed by atoms with Gasteiger partial charge in [-0.2, -0.15) is 0 Å². The molecule has 0 aliphatic carbocycles. The molecule has 6 nitrogen and oxygen atoms in total. The number of allylic oxidation sites excluding steroid dienone is 1. The Morgan fingerprint density at radius 3 is 2.33 bits per heavy atom. The monoisotopic (exact) mass is 480 g/mol. The van der Waals surface area contributed by atoms with Crippen LogP contribution in [-0.2, 0) is 14.3 Å². The molecule has 7 heteroatoms. The first-order valence-corrected chi connectivity index (χ1v) is 11.1. The summed E-state index contributed by atoms with van der Waals surface area (Å²) in [7, 11) is 1.39. The Morgan fingerprint density at radius 2 is 1.80 bits per heavy atom. The van der Waals surface area contributed by atoms with Gasteiger partial charge in [0.05, 0.1) is 12.7 Å². The van der Waals surface area contributed by atoms with Crippen LogP contribution in [0.2, 0.25) is 0 Å². The molecule has 1 aliphatic heterocycles. The van der Waals surface area contributed by atoms with E-state index in [1.165, 1.54) is 7.11 Å². The van der Waals surface area contributed by atoms with Crippen LogP contribution in [-0.4, -0.2) is 48.8 Å². The number of nitrogens with zero attached hydrogens (tertiary/aromatic N) is 1. The molecule has 1 N–H and O–H groups in total. The molecule has 1 aliphatic rings. The van der Waals surface area contributed by atoms with Crippen LogP contribution in [0.25, 0.3) is 5.57 Å². The zero-order valence-electron chi connectivity index (χ0n) is 18.8. The van der Waals surface area contributed by atoms with E-state index >= 15 is 0 Å². The van der Waals surface area contributed by atoms with Crippen LogP contribution >= 0.6 is 15.9 Å². The summed E-state index contributed by atoms with van der Waals surface area (Å²) in [5, 5.41) is 3.50. The van der Waals surface area contributed by atoms with Gasteiger partial charge < -0.3 is 19.7 Å². The smallest absolute Gasteiger partial charge is 0.410 e. The second-order valence-electron chi connectivity index (χ2n) is 8.71. The van der Waals surface area contributed by atoms with Gasteiger partial charge in [-0.3, -0.25) is 0 Å². The van der Waals surface area contributed by atoms with Gasteiger partial charge in [0.15, 0.2) is 0 Å². The van der Waals surface area contributed by atoms with E-state index in [2.05, 4.69) is 28.2 Å². The fraction of sp³-hybridized carbons (Fsp3) is 0.565. The highest BCUT2D eigenvalue weighted by molar-refractivity contribution is 9.10. The summed E-state index contributed by atoms with van der Waals surface area (Å²) >= 11 is 3.53. The predicted octanol–water partition coefficient (Wildman–Crippen LogP) is 4.98. The van der Waals surface area contributed by atoms with E-state index in [9.17, 15) is 9.59 Å². The molecule has 0 spiro atoms. The van der Waals surface area contributed by atoms with Crippen LogP contribution < -0.4 is 5.32 Å². The van der Waals surface area contributed by atoms with Crippen LogP contribution in [0, 0.1) is 5.92 Å². The number of ether oxygens (including phenoxy) is 2. The van der Waals surface area contributed by atoms with Crippen molar-refractivity contribution in [3.8, 4) is 0 Å². The van der Waals surface area contributed by atoms with Crippen molar-refractivity contribution in [3.63, 3.8) is 0 Å². The number of halogens is 1. The van der Waals surface area contributed by atoms with E-state index in [0.717, 1.165) is 28.6 Å².